The van der Waals surface area contributed by atoms with Crippen LogP contribution in [0.2, 0.25) is 0 Å². The number of hydrogen-bond acceptors (Lipinski definition) is 7. The first-order valence-corrected chi connectivity index (χ1v) is 14.7. The first-order valence-electron chi connectivity index (χ1n) is 13.3. The quantitative estimate of drug-likeness (QED) is 0.554. The molecule has 3 atom stereocenters. The average molecular weight is 545 g/mol. The number of aryl methyl sites for hydroxylation is 1. The molecule has 1 aromatic heterocycles. The summed E-state index contributed by atoms with van der Waals surface area (Å²) in [7, 11) is -4.11. The van der Waals surface area contributed by atoms with E-state index in [0.29, 0.717) is 25.3 Å². The van der Waals surface area contributed by atoms with Crippen molar-refractivity contribution in [2.24, 2.45) is 0 Å². The van der Waals surface area contributed by atoms with E-state index in [1.54, 1.807) is 13.8 Å². The molecule has 38 heavy (non-hydrogen) atoms. The first-order chi connectivity index (χ1) is 18.0. The lowest BCUT2D eigenvalue weighted by atomic mass is 9.88. The summed E-state index contributed by atoms with van der Waals surface area (Å²) < 4.78 is 44.1. The van der Waals surface area contributed by atoms with E-state index in [9.17, 15) is 18.3 Å². The van der Waals surface area contributed by atoms with Crippen molar-refractivity contribution in [2.45, 2.75) is 82.0 Å². The van der Waals surface area contributed by atoms with E-state index in [0.717, 1.165) is 22.4 Å². The Kier molecular flexibility index (Phi) is 7.04. The summed E-state index contributed by atoms with van der Waals surface area (Å²) in [5, 5.41) is 10.1. The number of rotatable bonds is 7. The summed E-state index contributed by atoms with van der Waals surface area (Å²) in [6.45, 7) is 8.61. The molecule has 2 aromatic rings. The zero-order valence-corrected chi connectivity index (χ0v) is 23.2. The zero-order chi connectivity index (χ0) is 27.3. The van der Waals surface area contributed by atoms with Gasteiger partial charge in [-0.15, -0.1) is 0 Å². The molecule has 1 aliphatic carbocycles. The number of nitrogens with zero attached hydrogens (tertiary/aromatic N) is 2. The van der Waals surface area contributed by atoms with Crippen LogP contribution in [0.15, 0.2) is 36.4 Å². The minimum atomic E-state index is -4.11. The molecule has 9 nitrogen and oxygen atoms in total. The number of piperidine rings is 1. The van der Waals surface area contributed by atoms with Crippen LogP contribution < -0.4 is 4.74 Å². The van der Waals surface area contributed by atoms with Crippen molar-refractivity contribution in [1.82, 2.24) is 9.29 Å². The van der Waals surface area contributed by atoms with E-state index < -0.39 is 38.7 Å². The largest absolute Gasteiger partial charge is 0.480 e. The Labute approximate surface area is 224 Å². The molecule has 3 fully saturated rings. The fraction of sp³-hybridized carbons (Fsp3) is 0.571. The minimum Gasteiger partial charge on any atom is -0.480 e. The average Bonchev–Trinajstić information content (AvgIpc) is 3.36. The lowest BCUT2D eigenvalue weighted by molar-refractivity contribution is -0.159. The standard InChI is InChI=1S/C28H36N2O7S/c1-5-35-25-8-6-7-22(29-25)21-10-9-20(15-18(21)2)19-11-13-30(14-12-19)38(33,34)28(26(31)32)16-23-24(17-28)37-27(3,4)36-23/h6-10,15,19,23-24H,5,11-14,16-17H2,1-4H3,(H,31,32)/t23-,24+,28+. The second-order valence-electron chi connectivity index (χ2n) is 11.0. The van der Waals surface area contributed by atoms with Crippen LogP contribution in [0.4, 0.5) is 0 Å². The van der Waals surface area contributed by atoms with E-state index in [1.165, 1.54) is 4.31 Å². The van der Waals surface area contributed by atoms with Gasteiger partial charge in [-0.05, 0) is 63.6 Å². The van der Waals surface area contributed by atoms with Crippen molar-refractivity contribution in [3.05, 3.63) is 47.5 Å². The third-order valence-corrected chi connectivity index (χ3v) is 10.6. The van der Waals surface area contributed by atoms with Crippen molar-refractivity contribution < 1.29 is 32.5 Å². The number of carbonyl (C=O) groups is 1. The molecule has 2 saturated heterocycles. The number of carboxylic acids is 1. The van der Waals surface area contributed by atoms with Crippen molar-refractivity contribution in [2.75, 3.05) is 19.7 Å². The normalized spacial score (nSPS) is 27.8. The topological polar surface area (TPSA) is 115 Å². The Morgan fingerprint density at radius 1 is 1.13 bits per heavy atom. The number of sulfonamides is 1. The molecule has 0 bridgehead atoms. The molecule has 10 heteroatoms. The van der Waals surface area contributed by atoms with Gasteiger partial charge in [-0.25, -0.2) is 17.7 Å². The van der Waals surface area contributed by atoms with Gasteiger partial charge in [0.05, 0.1) is 24.5 Å². The highest BCUT2D eigenvalue weighted by atomic mass is 32.2. The summed E-state index contributed by atoms with van der Waals surface area (Å²) in [4.78, 5) is 17.0. The highest BCUT2D eigenvalue weighted by Crippen LogP contribution is 2.48. The zero-order valence-electron chi connectivity index (χ0n) is 22.3. The fourth-order valence-corrected chi connectivity index (χ4v) is 8.34. The molecule has 0 unspecified atom stereocenters. The lowest BCUT2D eigenvalue weighted by Gasteiger charge is -2.37. The summed E-state index contributed by atoms with van der Waals surface area (Å²) in [6, 6.07) is 12.0. The Bertz CT molecular complexity index is 1300. The fourth-order valence-electron chi connectivity index (χ4n) is 6.18. The Morgan fingerprint density at radius 3 is 2.37 bits per heavy atom. The minimum absolute atomic E-state index is 0.0993. The van der Waals surface area contributed by atoms with E-state index in [2.05, 4.69) is 23.2 Å². The molecule has 1 saturated carbocycles. The van der Waals surface area contributed by atoms with Gasteiger partial charge < -0.3 is 19.3 Å². The smallest absolute Gasteiger partial charge is 0.326 e. The number of pyridine rings is 1. The first kappa shape index (κ1) is 27.1. The second kappa shape index (κ2) is 9.89. The van der Waals surface area contributed by atoms with Crippen LogP contribution in [0, 0.1) is 6.92 Å². The highest BCUT2D eigenvalue weighted by molar-refractivity contribution is 7.91. The molecule has 3 aliphatic rings. The van der Waals surface area contributed by atoms with Gasteiger partial charge in [0.1, 0.15) is 0 Å². The SMILES string of the molecule is CCOc1cccc(-c2ccc(C3CCN(S(=O)(=O)[C@]4(C(=O)O)C[C@@H]5OC(C)(C)O[C@@H]5C4)CC3)cc2C)n1. The van der Waals surface area contributed by atoms with Gasteiger partial charge in [0.25, 0.3) is 0 Å². The van der Waals surface area contributed by atoms with Gasteiger partial charge in [0.15, 0.2) is 10.5 Å². The van der Waals surface area contributed by atoms with Gasteiger partial charge >= 0.3 is 5.97 Å². The molecule has 0 spiro atoms. The van der Waals surface area contributed by atoms with Gasteiger partial charge in [-0.1, -0.05) is 24.3 Å². The molecule has 0 amide bonds. The van der Waals surface area contributed by atoms with Crippen LogP contribution in [-0.4, -0.2) is 71.2 Å². The van der Waals surface area contributed by atoms with E-state index in [-0.39, 0.29) is 31.8 Å². The van der Waals surface area contributed by atoms with Gasteiger partial charge in [0.2, 0.25) is 15.9 Å². The third kappa shape index (κ3) is 4.72. The highest BCUT2D eigenvalue weighted by Gasteiger charge is 2.65. The Hall–Kier alpha value is -2.53. The summed E-state index contributed by atoms with van der Waals surface area (Å²) >= 11 is 0. The summed E-state index contributed by atoms with van der Waals surface area (Å²) in [6.07, 6.45) is -0.0372. The third-order valence-electron chi connectivity index (χ3n) is 8.04. The van der Waals surface area contributed by atoms with Crippen molar-refractivity contribution in [3.8, 4) is 17.1 Å². The monoisotopic (exact) mass is 544 g/mol. The molecular formula is C28H36N2O7S. The number of aromatic nitrogens is 1. The molecule has 1 N–H and O–H groups in total. The molecule has 5 rings (SSSR count). The maximum Gasteiger partial charge on any atom is 0.326 e. The van der Waals surface area contributed by atoms with E-state index in [1.807, 2.05) is 32.0 Å². The number of ether oxygens (including phenoxy) is 3. The van der Waals surface area contributed by atoms with Crippen molar-refractivity contribution in [1.29, 1.82) is 0 Å². The second-order valence-corrected chi connectivity index (χ2v) is 13.2. The Morgan fingerprint density at radius 2 is 1.79 bits per heavy atom. The van der Waals surface area contributed by atoms with E-state index >= 15 is 0 Å². The van der Waals surface area contributed by atoms with Crippen molar-refractivity contribution in [3.63, 3.8) is 0 Å². The number of carboxylic acid groups (broad SMARTS) is 1. The van der Waals surface area contributed by atoms with Gasteiger partial charge in [0, 0.05) is 37.6 Å². The number of benzene rings is 1. The molecule has 206 valence electrons. The van der Waals surface area contributed by atoms with Crippen LogP contribution in [0.5, 0.6) is 5.88 Å². The molecular weight excluding hydrogens is 508 g/mol. The molecule has 0 radical (unpaired) electrons. The van der Waals surface area contributed by atoms with Gasteiger partial charge in [-0.2, -0.15) is 0 Å². The molecule has 1 aromatic carbocycles. The van der Waals surface area contributed by atoms with Gasteiger partial charge in [-0.3, -0.25) is 4.79 Å². The molecule has 2 aliphatic heterocycles. The molecule has 3 heterocycles. The van der Waals surface area contributed by atoms with Crippen LogP contribution in [0.25, 0.3) is 11.3 Å². The Balaban J connectivity index is 1.29. The van der Waals surface area contributed by atoms with Crippen LogP contribution in [0.1, 0.15) is 63.5 Å². The maximum atomic E-state index is 13.7. The maximum absolute atomic E-state index is 13.7. The number of fused-ring (bicyclic) bond motifs is 1. The van der Waals surface area contributed by atoms with Crippen LogP contribution >= 0.6 is 0 Å². The predicted octanol–water partition coefficient (Wildman–Crippen LogP) is 4.10. The van der Waals surface area contributed by atoms with Crippen LogP contribution in [0.3, 0.4) is 0 Å². The van der Waals surface area contributed by atoms with Crippen LogP contribution in [-0.2, 0) is 24.3 Å². The summed E-state index contributed by atoms with van der Waals surface area (Å²) in [5.74, 6) is -1.38. The lowest BCUT2D eigenvalue weighted by Crippen LogP contribution is -2.54. The summed E-state index contributed by atoms with van der Waals surface area (Å²) in [5.41, 5.74) is 4.11. The number of hydrogen-bond donors (Lipinski definition) is 1. The van der Waals surface area contributed by atoms with Crippen molar-refractivity contribution >= 4 is 16.0 Å². The number of aliphatic carboxylic acids is 1. The van der Waals surface area contributed by atoms with E-state index in [4.69, 9.17) is 14.2 Å². The predicted molar refractivity (Wildman–Crippen MR) is 141 cm³/mol.